The fourth-order valence-corrected chi connectivity index (χ4v) is 9.72. The summed E-state index contributed by atoms with van der Waals surface area (Å²) < 4.78 is 28.8. The number of likely N-dealkylation sites (tertiary alicyclic amines) is 1. The third-order valence-electron chi connectivity index (χ3n) is 11.3. The van der Waals surface area contributed by atoms with Gasteiger partial charge in [0.05, 0.1) is 23.8 Å². The van der Waals surface area contributed by atoms with Gasteiger partial charge in [0.15, 0.2) is 5.82 Å². The summed E-state index contributed by atoms with van der Waals surface area (Å²) >= 11 is 6.87. The molecule has 10 rings (SSSR count). The quantitative estimate of drug-likeness (QED) is 0.291. The number of piperazine rings is 1. The molecule has 6 aliphatic rings. The number of morpholine rings is 1. The lowest BCUT2D eigenvalue weighted by atomic mass is 9.80. The molecule has 5 heterocycles. The van der Waals surface area contributed by atoms with Crippen LogP contribution in [-0.4, -0.2) is 82.1 Å². The largest absolute Gasteiger partial charge is 0.508 e. The van der Waals surface area contributed by atoms with Crippen molar-refractivity contribution in [1.29, 1.82) is 0 Å². The molecule has 2 N–H and O–H groups in total. The first-order valence-corrected chi connectivity index (χ1v) is 15.8. The molecule has 2 saturated carbocycles. The number of ether oxygens (including phenoxy) is 2. The van der Waals surface area contributed by atoms with E-state index in [1.165, 1.54) is 6.42 Å². The van der Waals surface area contributed by atoms with Crippen molar-refractivity contribution in [1.82, 2.24) is 20.2 Å². The van der Waals surface area contributed by atoms with E-state index in [4.69, 9.17) is 26.1 Å². The molecule has 0 amide bonds. The van der Waals surface area contributed by atoms with Crippen LogP contribution in [0.5, 0.6) is 11.8 Å². The first kappa shape index (κ1) is 25.1. The zero-order valence-corrected chi connectivity index (χ0v) is 24.3. The van der Waals surface area contributed by atoms with E-state index in [0.29, 0.717) is 47.0 Å². The van der Waals surface area contributed by atoms with Crippen LogP contribution in [0.3, 0.4) is 0 Å². The number of aromatic hydroxyl groups is 1. The zero-order chi connectivity index (χ0) is 28.7. The van der Waals surface area contributed by atoms with Gasteiger partial charge in [-0.15, -0.1) is 0 Å². The van der Waals surface area contributed by atoms with E-state index in [1.807, 2.05) is 24.3 Å². The Morgan fingerprint density at radius 1 is 1.12 bits per heavy atom. The van der Waals surface area contributed by atoms with Gasteiger partial charge >= 0.3 is 6.01 Å². The van der Waals surface area contributed by atoms with Crippen molar-refractivity contribution in [3.8, 4) is 22.9 Å². The second kappa shape index (κ2) is 8.47. The summed E-state index contributed by atoms with van der Waals surface area (Å²) in [5.74, 6) is 0.908. The summed E-state index contributed by atoms with van der Waals surface area (Å²) in [6, 6.07) is 14.1. The van der Waals surface area contributed by atoms with E-state index in [-0.39, 0.29) is 33.5 Å². The lowest BCUT2D eigenvalue weighted by Gasteiger charge is -2.60. The maximum Gasteiger partial charge on any atom is 0.319 e. The van der Waals surface area contributed by atoms with Crippen molar-refractivity contribution in [3.63, 3.8) is 0 Å². The van der Waals surface area contributed by atoms with Gasteiger partial charge in [0.1, 0.15) is 22.7 Å². The number of phenols is 1. The number of nitrogens with zero attached hydrogens (tertiary/aromatic N) is 4. The van der Waals surface area contributed by atoms with E-state index in [2.05, 4.69) is 20.1 Å². The minimum Gasteiger partial charge on any atom is -0.508 e. The van der Waals surface area contributed by atoms with Gasteiger partial charge in [-0.1, -0.05) is 35.9 Å². The van der Waals surface area contributed by atoms with Crippen molar-refractivity contribution in [2.45, 2.75) is 54.9 Å². The van der Waals surface area contributed by atoms with Gasteiger partial charge in [0.2, 0.25) is 0 Å². The Morgan fingerprint density at radius 2 is 1.95 bits per heavy atom. The molecule has 4 aromatic rings. The smallest absolute Gasteiger partial charge is 0.319 e. The van der Waals surface area contributed by atoms with Crippen LogP contribution >= 0.6 is 11.6 Å². The van der Waals surface area contributed by atoms with Crippen molar-refractivity contribution < 1.29 is 19.0 Å². The molecule has 10 heteroatoms. The molecule has 4 saturated heterocycles. The minimum atomic E-state index is -0.542. The molecule has 8 nitrogen and oxygen atoms in total. The van der Waals surface area contributed by atoms with E-state index < -0.39 is 5.82 Å². The van der Waals surface area contributed by atoms with Crippen LogP contribution in [0.25, 0.3) is 32.8 Å². The fourth-order valence-electron chi connectivity index (χ4n) is 9.42. The predicted octanol–water partition coefficient (Wildman–Crippen LogP) is 4.88. The highest BCUT2D eigenvalue weighted by Gasteiger charge is 3.03. The van der Waals surface area contributed by atoms with E-state index in [0.717, 1.165) is 62.2 Å². The first-order chi connectivity index (χ1) is 21.0. The van der Waals surface area contributed by atoms with Crippen molar-refractivity contribution in [3.05, 3.63) is 53.3 Å². The Hall–Kier alpha value is -3.24. The van der Waals surface area contributed by atoms with Crippen LogP contribution in [0.15, 0.2) is 42.5 Å². The molecule has 2 aliphatic carbocycles. The molecule has 3 aromatic carbocycles. The molecule has 220 valence electrons. The normalized spacial score (nSPS) is 33.0. The summed E-state index contributed by atoms with van der Waals surface area (Å²) in [7, 11) is 0. The Balaban J connectivity index is 1.02. The fraction of sp³-hybridized carbons (Fsp3) is 0.455. The highest BCUT2D eigenvalue weighted by molar-refractivity contribution is 6.35. The Bertz CT molecular complexity index is 1860. The maximum atomic E-state index is 16.7. The Labute approximate surface area is 252 Å². The van der Waals surface area contributed by atoms with Gasteiger partial charge in [-0.05, 0) is 60.2 Å². The molecule has 0 radical (unpaired) electrons. The van der Waals surface area contributed by atoms with E-state index in [9.17, 15) is 5.11 Å². The number of benzene rings is 3. The molecule has 1 spiro atoms. The standard InChI is InChI=1S/C33H31ClFN5O3/c34-24-12-23-29(28(35)27(24)22-11-20(41)10-17-4-1-2-5-21(17)22)37-31(38-30(23)39-14-18-6-7-19(15-39)36-18)42-9-3-8-40-26-13-25-32(40)16-43-33(25,26)32/h1-2,4-5,10-12,18-19,25-26,36,41H,3,6-9,13-16H2. The summed E-state index contributed by atoms with van der Waals surface area (Å²) in [6.07, 6.45) is 4.34. The van der Waals surface area contributed by atoms with E-state index >= 15 is 4.39 Å². The van der Waals surface area contributed by atoms with Gasteiger partial charge in [-0.25, -0.2) is 4.39 Å². The second-order valence-corrected chi connectivity index (χ2v) is 13.6. The number of nitrogens with one attached hydrogen (secondary N) is 1. The van der Waals surface area contributed by atoms with Crippen molar-refractivity contribution >= 4 is 39.1 Å². The Morgan fingerprint density at radius 3 is 2.72 bits per heavy atom. The second-order valence-electron chi connectivity index (χ2n) is 13.2. The van der Waals surface area contributed by atoms with Crippen LogP contribution in [0.1, 0.15) is 25.7 Å². The molecule has 6 unspecified atom stereocenters. The number of anilines is 1. The Kier molecular flexibility index (Phi) is 4.95. The number of piperidine rings is 1. The third kappa shape index (κ3) is 3.11. The van der Waals surface area contributed by atoms with Crippen molar-refractivity contribution in [2.75, 3.05) is 37.7 Å². The summed E-state index contributed by atoms with van der Waals surface area (Å²) in [6.45, 7) is 3.85. The number of hydrogen-bond donors (Lipinski definition) is 2. The van der Waals surface area contributed by atoms with Crippen LogP contribution in [0.2, 0.25) is 5.02 Å². The van der Waals surface area contributed by atoms with Crippen LogP contribution in [-0.2, 0) is 4.74 Å². The average Bonchev–Trinajstić information content (AvgIpc) is 3.47. The van der Waals surface area contributed by atoms with Crippen LogP contribution in [0.4, 0.5) is 10.2 Å². The van der Waals surface area contributed by atoms with Gasteiger partial charge in [-0.2, -0.15) is 9.97 Å². The summed E-state index contributed by atoms with van der Waals surface area (Å²) in [5.41, 5.74) is 1.47. The third-order valence-corrected chi connectivity index (χ3v) is 11.6. The molecule has 43 heavy (non-hydrogen) atoms. The number of hydrogen-bond acceptors (Lipinski definition) is 8. The highest BCUT2D eigenvalue weighted by Crippen LogP contribution is 2.87. The van der Waals surface area contributed by atoms with Crippen LogP contribution in [0, 0.1) is 11.7 Å². The lowest BCUT2D eigenvalue weighted by Crippen LogP contribution is -2.76. The van der Waals surface area contributed by atoms with Gasteiger partial charge in [0.25, 0.3) is 0 Å². The molecule has 6 atom stereocenters. The van der Waals surface area contributed by atoms with E-state index in [1.54, 1.807) is 18.2 Å². The molecule has 1 aromatic heterocycles. The number of aromatic nitrogens is 2. The van der Waals surface area contributed by atoms with Gasteiger partial charge in [-0.3, -0.25) is 4.90 Å². The summed E-state index contributed by atoms with van der Waals surface area (Å²) in [4.78, 5) is 14.3. The zero-order valence-electron chi connectivity index (χ0n) is 23.5. The van der Waals surface area contributed by atoms with Crippen molar-refractivity contribution in [2.24, 2.45) is 5.92 Å². The highest BCUT2D eigenvalue weighted by atomic mass is 35.5. The average molecular weight is 600 g/mol. The van der Waals surface area contributed by atoms with Gasteiger partial charge < -0.3 is 24.8 Å². The lowest BCUT2D eigenvalue weighted by molar-refractivity contribution is -0.260. The molecule has 6 fully saturated rings. The van der Waals surface area contributed by atoms with Crippen LogP contribution < -0.4 is 15.0 Å². The SMILES string of the molecule is Oc1cc(-c2c(Cl)cc3c(N4CC5CCC(C4)N5)nc(OCCCN4C5CC6C57OCC647)nc3c2F)c2ccccc2c1. The number of rotatable bonds is 7. The number of fused-ring (bicyclic) bond motifs is 4. The maximum absolute atomic E-state index is 16.7. The molecule has 4 aliphatic heterocycles. The number of halogens is 2. The molecular weight excluding hydrogens is 569 g/mol. The summed E-state index contributed by atoms with van der Waals surface area (Å²) in [5, 5.41) is 16.6. The monoisotopic (exact) mass is 599 g/mol. The number of phenolic OH excluding ortho intramolecular Hbond substituents is 1. The predicted molar refractivity (Wildman–Crippen MR) is 161 cm³/mol. The first-order valence-electron chi connectivity index (χ1n) is 15.4. The molecule has 2 bridgehead atoms. The topological polar surface area (TPSA) is 83.0 Å². The van der Waals surface area contributed by atoms with Gasteiger partial charge in [0, 0.05) is 54.6 Å². The molecular formula is C33H31ClFN5O3. The minimum absolute atomic E-state index is 0.0455.